The van der Waals surface area contributed by atoms with Crippen molar-refractivity contribution in [2.24, 2.45) is 5.90 Å². The number of benzene rings is 2. The molecule has 4 rings (SSSR count). The number of hydrogen-bond acceptors (Lipinski definition) is 13. The average molecular weight is 891 g/mol. The van der Waals surface area contributed by atoms with Crippen LogP contribution >= 0.6 is 7.82 Å². The van der Waals surface area contributed by atoms with Crippen molar-refractivity contribution >= 4 is 24.8 Å². The van der Waals surface area contributed by atoms with E-state index in [2.05, 4.69) is 17.0 Å². The van der Waals surface area contributed by atoms with Crippen LogP contribution < -0.4 is 16.2 Å². The second-order valence-electron chi connectivity index (χ2n) is 15.5. The number of hydrogen-bond donors (Lipinski definition) is 2. The Bertz CT molecular complexity index is 1930. The molecule has 3 atom stereocenters. The highest BCUT2D eigenvalue weighted by Gasteiger charge is 2.32. The second kappa shape index (κ2) is 28.6. The largest absolute Gasteiger partial charge is 0.530 e. The second-order valence-corrected chi connectivity index (χ2v) is 17.1. The lowest BCUT2D eigenvalue weighted by atomic mass is 10.0. The third-order valence-electron chi connectivity index (χ3n) is 10.5. The van der Waals surface area contributed by atoms with Crippen molar-refractivity contribution in [3.05, 3.63) is 93.9 Å². The summed E-state index contributed by atoms with van der Waals surface area (Å²) in [6, 6.07) is 11.9. The Balaban J connectivity index is 1.28. The number of nitro groups is 1. The summed E-state index contributed by atoms with van der Waals surface area (Å²) in [5, 5.41) is 15.5. The zero-order valence-electron chi connectivity index (χ0n) is 36.0. The highest BCUT2D eigenvalue weighted by atomic mass is 31.2. The Morgan fingerprint density at radius 1 is 0.790 bits per heavy atom. The van der Waals surface area contributed by atoms with Gasteiger partial charge in [0, 0.05) is 24.4 Å². The number of non-ortho nitro benzene ring substituents is 1. The SMILES string of the molecule is CCCCCCCCCCCCCCCCCCOC[C@H](COP(=O)(OC[C@H](CCc1ccc2c(N)ncnn12)ON)Oc1ccc([N+](=O)[O-])cc1)OCc1ccc(F)c(F)c1. The molecule has 0 spiro atoms. The maximum absolute atomic E-state index is 14.3. The van der Waals surface area contributed by atoms with E-state index >= 15 is 0 Å². The fraction of sp³-hybridized carbons (Fsp3) is 0.591. The fourth-order valence-electron chi connectivity index (χ4n) is 6.85. The van der Waals surface area contributed by atoms with Crippen LogP contribution in [0.4, 0.5) is 20.3 Å². The van der Waals surface area contributed by atoms with Gasteiger partial charge in [0.25, 0.3) is 5.69 Å². The number of unbranched alkanes of at least 4 members (excludes halogenated alkanes) is 15. The van der Waals surface area contributed by atoms with Gasteiger partial charge in [-0.3, -0.25) is 24.0 Å². The Labute approximate surface area is 363 Å². The lowest BCUT2D eigenvalue weighted by molar-refractivity contribution is -0.384. The minimum atomic E-state index is -4.51. The summed E-state index contributed by atoms with van der Waals surface area (Å²) in [4.78, 5) is 19.8. The van der Waals surface area contributed by atoms with E-state index in [1.165, 1.54) is 120 Å². The summed E-state index contributed by atoms with van der Waals surface area (Å²) < 4.78 is 72.8. The van der Waals surface area contributed by atoms with Gasteiger partial charge in [0.15, 0.2) is 17.5 Å². The van der Waals surface area contributed by atoms with Crippen LogP contribution in [0.15, 0.2) is 60.9 Å². The van der Waals surface area contributed by atoms with Gasteiger partial charge in [-0.2, -0.15) is 5.10 Å². The Kier molecular flexibility index (Phi) is 23.3. The highest BCUT2D eigenvalue weighted by Crippen LogP contribution is 2.50. The monoisotopic (exact) mass is 890 g/mol. The molecule has 2 heterocycles. The molecule has 2 aromatic carbocycles. The molecule has 0 aliphatic heterocycles. The van der Waals surface area contributed by atoms with Crippen LogP contribution in [0.25, 0.3) is 5.52 Å². The van der Waals surface area contributed by atoms with Gasteiger partial charge >= 0.3 is 7.82 Å². The number of nitrogens with zero attached hydrogens (tertiary/aromatic N) is 4. The van der Waals surface area contributed by atoms with Crippen LogP contribution in [0.2, 0.25) is 0 Å². The summed E-state index contributed by atoms with van der Waals surface area (Å²) in [7, 11) is -4.51. The predicted molar refractivity (Wildman–Crippen MR) is 233 cm³/mol. The van der Waals surface area contributed by atoms with Crippen LogP contribution in [0.1, 0.15) is 127 Å². The van der Waals surface area contributed by atoms with Crippen molar-refractivity contribution in [1.82, 2.24) is 14.6 Å². The number of rotatable bonds is 35. The first kappa shape index (κ1) is 50.6. The van der Waals surface area contributed by atoms with E-state index in [9.17, 15) is 23.5 Å². The number of nitrogens with two attached hydrogens (primary N) is 2. The molecule has 4 N–H and O–H groups in total. The number of ether oxygens (including phenoxy) is 2. The maximum atomic E-state index is 14.3. The fourth-order valence-corrected chi connectivity index (χ4v) is 8.10. The van der Waals surface area contributed by atoms with Crippen molar-refractivity contribution in [2.75, 3.05) is 32.2 Å². The molecule has 1 unspecified atom stereocenters. The summed E-state index contributed by atoms with van der Waals surface area (Å²) in [6.07, 6.45) is 20.5. The highest BCUT2D eigenvalue weighted by molar-refractivity contribution is 7.48. The number of nitro benzene ring substituents is 1. The normalized spacial score (nSPS) is 13.6. The number of aromatic nitrogens is 3. The Morgan fingerprint density at radius 2 is 1.40 bits per heavy atom. The molecule has 0 fully saturated rings. The van der Waals surface area contributed by atoms with Crippen molar-refractivity contribution in [1.29, 1.82) is 0 Å². The number of phosphoric ester groups is 1. The molecular weight excluding hydrogens is 825 g/mol. The molecule has 344 valence electrons. The number of aryl methyl sites for hydroxylation is 1. The minimum Gasteiger partial charge on any atom is -0.404 e. The van der Waals surface area contributed by atoms with Crippen LogP contribution in [0, 0.1) is 21.7 Å². The van der Waals surface area contributed by atoms with Crippen molar-refractivity contribution in [2.45, 2.75) is 141 Å². The summed E-state index contributed by atoms with van der Waals surface area (Å²) in [6.45, 7) is 1.89. The summed E-state index contributed by atoms with van der Waals surface area (Å²) in [5.74, 6) is 3.90. The van der Waals surface area contributed by atoms with Crippen LogP contribution in [-0.4, -0.2) is 58.2 Å². The molecule has 0 saturated carbocycles. The lowest BCUT2D eigenvalue weighted by Crippen LogP contribution is -2.27. The maximum Gasteiger partial charge on any atom is 0.530 e. The quantitative estimate of drug-likeness (QED) is 0.0192. The summed E-state index contributed by atoms with van der Waals surface area (Å²) in [5.41, 5.74) is 7.54. The Hall–Kier alpha value is -4.09. The van der Waals surface area contributed by atoms with Crippen LogP contribution in [-0.2, 0) is 41.0 Å². The third-order valence-corrected chi connectivity index (χ3v) is 11.9. The average Bonchev–Trinajstić information content (AvgIpc) is 3.69. The van der Waals surface area contributed by atoms with Gasteiger partial charge in [-0.15, -0.1) is 0 Å². The number of phosphoric acid groups is 1. The summed E-state index contributed by atoms with van der Waals surface area (Å²) >= 11 is 0. The first-order valence-corrected chi connectivity index (χ1v) is 23.5. The Morgan fingerprint density at radius 3 is 2.00 bits per heavy atom. The van der Waals surface area contributed by atoms with E-state index in [0.29, 0.717) is 36.3 Å². The van der Waals surface area contributed by atoms with Gasteiger partial charge in [0.2, 0.25) is 0 Å². The zero-order chi connectivity index (χ0) is 44.4. The standard InChI is InChI=1S/C44H65F2N6O9P/c1-2-3-4-5-6-7-8-9-10-11-12-13-14-15-16-17-28-56-31-40(57-30-35-18-26-41(45)42(46)29-35)33-59-62(55,61-38-23-20-37(21-24-38)52(53)54)58-32-39(60-48)25-19-36-22-27-43-44(47)49-34-50-51(36)43/h18,20-24,26-27,29,34,39-40H,2-17,19,25,28,30-33,48H2,1H3,(H2,47,49,50)/t39-,40+,62?/m0/s1. The topological polar surface area (TPSA) is 198 Å². The molecule has 2 aromatic heterocycles. The van der Waals surface area contributed by atoms with E-state index < -0.39 is 36.6 Å². The predicted octanol–water partition coefficient (Wildman–Crippen LogP) is 10.8. The molecule has 4 aromatic rings. The molecule has 0 saturated heterocycles. The molecule has 0 amide bonds. The number of halogens is 2. The van der Waals surface area contributed by atoms with Gasteiger partial charge in [-0.1, -0.05) is 109 Å². The molecule has 62 heavy (non-hydrogen) atoms. The van der Waals surface area contributed by atoms with Crippen LogP contribution in [0.3, 0.4) is 0 Å². The van der Waals surface area contributed by atoms with Crippen molar-refractivity contribution < 1.29 is 46.2 Å². The lowest BCUT2D eigenvalue weighted by Gasteiger charge is -2.24. The van der Waals surface area contributed by atoms with Gasteiger partial charge in [-0.25, -0.2) is 28.7 Å². The molecule has 0 bridgehead atoms. The van der Waals surface area contributed by atoms with Crippen molar-refractivity contribution in [3.8, 4) is 5.75 Å². The number of fused-ring (bicyclic) bond motifs is 1. The third kappa shape index (κ3) is 18.7. The molecule has 0 aliphatic rings. The van der Waals surface area contributed by atoms with Gasteiger partial charge in [0.05, 0.1) is 31.4 Å². The van der Waals surface area contributed by atoms with Gasteiger partial charge in [-0.05, 0) is 61.2 Å². The first-order valence-electron chi connectivity index (χ1n) is 22.0. The van der Waals surface area contributed by atoms with E-state index in [1.54, 1.807) is 10.6 Å². The van der Waals surface area contributed by atoms with E-state index in [4.69, 9.17) is 39.5 Å². The van der Waals surface area contributed by atoms with Crippen LogP contribution in [0.5, 0.6) is 5.75 Å². The van der Waals surface area contributed by atoms with Gasteiger partial charge < -0.3 is 19.7 Å². The van der Waals surface area contributed by atoms with E-state index in [0.717, 1.165) is 37.1 Å². The smallest absolute Gasteiger partial charge is 0.404 e. The van der Waals surface area contributed by atoms with Gasteiger partial charge in [0.1, 0.15) is 29.8 Å². The van der Waals surface area contributed by atoms with Crippen molar-refractivity contribution in [3.63, 3.8) is 0 Å². The number of anilines is 1. The number of nitrogen functional groups attached to an aromatic ring is 1. The molecule has 18 heteroatoms. The zero-order valence-corrected chi connectivity index (χ0v) is 36.9. The molecular formula is C44H65F2N6O9P. The minimum absolute atomic E-state index is 0.0217. The molecule has 0 radical (unpaired) electrons. The first-order chi connectivity index (χ1) is 30.1. The van der Waals surface area contributed by atoms with E-state index in [-0.39, 0.29) is 37.9 Å². The molecule has 15 nitrogen and oxygen atoms in total. The van der Waals surface area contributed by atoms with E-state index in [1.807, 2.05) is 6.07 Å². The molecule has 0 aliphatic carbocycles.